The maximum Gasteiger partial charge on any atom is 0.285 e. The van der Waals surface area contributed by atoms with Gasteiger partial charge in [-0.3, -0.25) is 0 Å². The molecular weight excluding hydrogens is 232 g/mol. The van der Waals surface area contributed by atoms with E-state index in [-0.39, 0.29) is 18.2 Å². The molecule has 100 valence electrons. The second kappa shape index (κ2) is 5.79. The second-order valence-corrected chi connectivity index (χ2v) is 5.32. The maximum atomic E-state index is 14.0. The van der Waals surface area contributed by atoms with Crippen LogP contribution in [0.5, 0.6) is 0 Å². The molecule has 1 N–H and O–H groups in total. The predicted octanol–water partition coefficient (Wildman–Crippen LogP) is 3.95. The summed E-state index contributed by atoms with van der Waals surface area (Å²) in [5, 5.41) is 3.06. The van der Waals surface area contributed by atoms with Crippen molar-refractivity contribution in [2.75, 3.05) is 6.54 Å². The van der Waals surface area contributed by atoms with Crippen molar-refractivity contribution >= 4 is 0 Å². The second-order valence-electron chi connectivity index (χ2n) is 5.32. The first-order chi connectivity index (χ1) is 8.59. The van der Waals surface area contributed by atoms with Crippen molar-refractivity contribution in [2.45, 2.75) is 44.6 Å². The van der Waals surface area contributed by atoms with Gasteiger partial charge in [0.15, 0.2) is 0 Å². The molecule has 1 saturated carbocycles. The third-order valence-corrected chi connectivity index (χ3v) is 3.89. The molecule has 1 aromatic rings. The molecule has 2 atom stereocenters. The molecule has 1 aliphatic rings. The topological polar surface area (TPSA) is 12.0 Å². The largest absolute Gasteiger partial charge is 0.308 e. The van der Waals surface area contributed by atoms with Crippen molar-refractivity contribution in [1.29, 1.82) is 0 Å². The lowest BCUT2D eigenvalue weighted by atomic mass is 9.86. The smallest absolute Gasteiger partial charge is 0.285 e. The van der Waals surface area contributed by atoms with E-state index in [1.807, 2.05) is 0 Å². The Morgan fingerprint density at radius 3 is 2.50 bits per heavy atom. The summed E-state index contributed by atoms with van der Waals surface area (Å²) in [6, 6.07) is 8.31. The van der Waals surface area contributed by atoms with Crippen molar-refractivity contribution in [3.63, 3.8) is 0 Å². The molecule has 3 heteroatoms. The molecule has 1 aliphatic carbocycles. The van der Waals surface area contributed by atoms with Gasteiger partial charge in [-0.15, -0.1) is 0 Å². The monoisotopic (exact) mass is 253 g/mol. The Balaban J connectivity index is 1.92. The molecule has 1 fully saturated rings. The number of hydrogen-bond acceptors (Lipinski definition) is 1. The van der Waals surface area contributed by atoms with Crippen LogP contribution in [0.25, 0.3) is 0 Å². The minimum absolute atomic E-state index is 0.0981. The highest BCUT2D eigenvalue weighted by atomic mass is 19.3. The van der Waals surface area contributed by atoms with Gasteiger partial charge in [-0.25, -0.2) is 0 Å². The Kier molecular flexibility index (Phi) is 4.33. The summed E-state index contributed by atoms with van der Waals surface area (Å²) in [5.41, 5.74) is 0.0981. The van der Waals surface area contributed by atoms with Crippen molar-refractivity contribution in [3.8, 4) is 0 Å². The predicted molar refractivity (Wildman–Crippen MR) is 69.8 cm³/mol. The average molecular weight is 253 g/mol. The zero-order chi connectivity index (χ0) is 13.0. The fraction of sp³-hybridized carbons (Fsp3) is 0.600. The SMILES string of the molecule is CC1CCCCC1NCC(F)(F)c1ccccc1. The summed E-state index contributed by atoms with van der Waals surface area (Å²) >= 11 is 0. The van der Waals surface area contributed by atoms with Gasteiger partial charge in [-0.2, -0.15) is 8.78 Å². The van der Waals surface area contributed by atoms with Crippen LogP contribution in [0.3, 0.4) is 0 Å². The van der Waals surface area contributed by atoms with Crippen LogP contribution in [0.1, 0.15) is 38.2 Å². The van der Waals surface area contributed by atoms with Gasteiger partial charge >= 0.3 is 0 Å². The minimum atomic E-state index is -2.78. The quantitative estimate of drug-likeness (QED) is 0.856. The highest BCUT2D eigenvalue weighted by Crippen LogP contribution is 2.29. The van der Waals surface area contributed by atoms with Crippen LogP contribution >= 0.6 is 0 Å². The molecule has 2 rings (SSSR count). The first-order valence-electron chi connectivity index (χ1n) is 6.76. The van der Waals surface area contributed by atoms with Crippen molar-refractivity contribution in [1.82, 2.24) is 5.32 Å². The number of benzene rings is 1. The summed E-state index contributed by atoms with van der Waals surface area (Å²) in [5.74, 6) is -2.27. The highest BCUT2D eigenvalue weighted by Gasteiger charge is 2.33. The Labute approximate surface area is 108 Å². The average Bonchev–Trinajstić information content (AvgIpc) is 2.39. The Bertz CT molecular complexity index is 364. The molecule has 1 aromatic carbocycles. The maximum absolute atomic E-state index is 14.0. The van der Waals surface area contributed by atoms with Gasteiger partial charge in [0.05, 0.1) is 6.54 Å². The number of alkyl halides is 2. The molecule has 0 heterocycles. The number of rotatable bonds is 4. The third kappa shape index (κ3) is 3.29. The summed E-state index contributed by atoms with van der Waals surface area (Å²) in [6.07, 6.45) is 4.55. The zero-order valence-electron chi connectivity index (χ0n) is 10.8. The van der Waals surface area contributed by atoms with Crippen LogP contribution < -0.4 is 5.32 Å². The zero-order valence-corrected chi connectivity index (χ0v) is 10.8. The molecule has 0 radical (unpaired) electrons. The summed E-state index contributed by atoms with van der Waals surface area (Å²) in [4.78, 5) is 0. The van der Waals surface area contributed by atoms with Crippen molar-refractivity contribution in [3.05, 3.63) is 35.9 Å². The third-order valence-electron chi connectivity index (χ3n) is 3.89. The van der Waals surface area contributed by atoms with E-state index in [9.17, 15) is 8.78 Å². The molecule has 0 saturated heterocycles. The van der Waals surface area contributed by atoms with Gasteiger partial charge in [0.1, 0.15) is 0 Å². The van der Waals surface area contributed by atoms with E-state index in [4.69, 9.17) is 0 Å². The minimum Gasteiger partial charge on any atom is -0.308 e. The molecule has 18 heavy (non-hydrogen) atoms. The first-order valence-corrected chi connectivity index (χ1v) is 6.76. The van der Waals surface area contributed by atoms with Crippen LogP contribution in [0, 0.1) is 5.92 Å². The van der Waals surface area contributed by atoms with Crippen molar-refractivity contribution < 1.29 is 8.78 Å². The molecule has 0 amide bonds. The number of nitrogens with one attached hydrogen (secondary N) is 1. The van der Waals surface area contributed by atoms with Crippen LogP contribution in [-0.2, 0) is 5.92 Å². The van der Waals surface area contributed by atoms with Gasteiger partial charge in [0, 0.05) is 11.6 Å². The normalized spacial score (nSPS) is 25.1. The van der Waals surface area contributed by atoms with Crippen LogP contribution in [0.4, 0.5) is 8.78 Å². The Morgan fingerprint density at radius 1 is 1.17 bits per heavy atom. The van der Waals surface area contributed by atoms with Gasteiger partial charge in [0.2, 0.25) is 0 Å². The van der Waals surface area contributed by atoms with E-state index >= 15 is 0 Å². The molecule has 0 bridgehead atoms. The molecular formula is C15H21F2N. The molecule has 0 spiro atoms. The van der Waals surface area contributed by atoms with Crippen LogP contribution in [-0.4, -0.2) is 12.6 Å². The van der Waals surface area contributed by atoms with Crippen LogP contribution in [0.2, 0.25) is 0 Å². The molecule has 0 aromatic heterocycles. The van der Waals surface area contributed by atoms with E-state index in [0.717, 1.165) is 19.3 Å². The number of halogens is 2. The molecule has 2 unspecified atom stereocenters. The van der Waals surface area contributed by atoms with E-state index in [1.165, 1.54) is 18.6 Å². The van der Waals surface area contributed by atoms with Crippen molar-refractivity contribution in [2.24, 2.45) is 5.92 Å². The van der Waals surface area contributed by atoms with E-state index in [1.54, 1.807) is 18.2 Å². The van der Waals surface area contributed by atoms with Gasteiger partial charge in [0.25, 0.3) is 5.92 Å². The molecule has 0 aliphatic heterocycles. The summed E-state index contributed by atoms with van der Waals surface area (Å²) < 4.78 is 28.0. The Hall–Kier alpha value is -0.960. The molecule has 1 nitrogen and oxygen atoms in total. The van der Waals surface area contributed by atoms with E-state index in [2.05, 4.69) is 12.2 Å². The fourth-order valence-electron chi connectivity index (χ4n) is 2.66. The summed E-state index contributed by atoms with van der Waals surface area (Å²) in [6.45, 7) is 1.89. The van der Waals surface area contributed by atoms with Gasteiger partial charge in [-0.1, -0.05) is 50.1 Å². The number of hydrogen-bond donors (Lipinski definition) is 1. The lowest BCUT2D eigenvalue weighted by molar-refractivity contribution is -0.00857. The first kappa shape index (κ1) is 13.5. The van der Waals surface area contributed by atoms with Crippen LogP contribution in [0.15, 0.2) is 30.3 Å². The summed E-state index contributed by atoms with van der Waals surface area (Å²) in [7, 11) is 0. The lowest BCUT2D eigenvalue weighted by Gasteiger charge is -2.31. The van der Waals surface area contributed by atoms with E-state index < -0.39 is 5.92 Å². The lowest BCUT2D eigenvalue weighted by Crippen LogP contribution is -2.42. The van der Waals surface area contributed by atoms with E-state index in [0.29, 0.717) is 5.92 Å². The highest BCUT2D eigenvalue weighted by molar-refractivity contribution is 5.20. The van der Waals surface area contributed by atoms with Gasteiger partial charge in [-0.05, 0) is 18.8 Å². The Morgan fingerprint density at radius 2 is 1.83 bits per heavy atom. The standard InChI is InChI=1S/C15H21F2N/c1-12-7-5-6-10-14(12)18-11-15(16,17)13-8-3-2-4-9-13/h2-4,8-9,12,14,18H,5-7,10-11H2,1H3. The van der Waals surface area contributed by atoms with Gasteiger partial charge < -0.3 is 5.32 Å². The fourth-order valence-corrected chi connectivity index (χ4v) is 2.66.